The number of carboxylic acid groups (broad SMARTS) is 1. The monoisotopic (exact) mass is 152 g/mol. The largest absolute Gasteiger partial charge is 0.478 e. The van der Waals surface area contributed by atoms with Gasteiger partial charge in [0.25, 0.3) is 5.34 Å². The Bertz CT molecular complexity index is 134. The van der Waals surface area contributed by atoms with Gasteiger partial charge in [0, 0.05) is 0 Å². The molecule has 0 saturated heterocycles. The maximum Gasteiger partial charge on any atom is 0.350 e. The molecule has 0 aliphatic heterocycles. The maximum absolute atomic E-state index is 9.87. The van der Waals surface area contributed by atoms with Gasteiger partial charge in [-0.1, -0.05) is 0 Å². The minimum atomic E-state index is -2.53. The number of aliphatic carboxylic acids is 1. The van der Waals surface area contributed by atoms with E-state index in [-0.39, 0.29) is 0 Å². The molecule has 1 atom stereocenters. The summed E-state index contributed by atoms with van der Waals surface area (Å²) in [4.78, 5) is 9.87. The average Bonchev–Trinajstić information content (AvgIpc) is 1.86. The smallest absolute Gasteiger partial charge is 0.350 e. The molecule has 0 rings (SSSR count). The minimum absolute atomic E-state index is 1.01. The van der Waals surface area contributed by atoms with Crippen molar-refractivity contribution in [2.45, 2.75) is 5.34 Å². The highest BCUT2D eigenvalue weighted by atomic mass is 31.1. The molecule has 0 saturated carbocycles. The Labute approximate surface area is 52.1 Å². The predicted molar refractivity (Wildman–Crippen MR) is 27.3 cm³/mol. The molecule has 0 aliphatic rings. The summed E-state index contributed by atoms with van der Waals surface area (Å²) in [6, 6.07) is 0. The number of carboxylic acids is 1. The number of aliphatic hydroxyl groups excluding tert-OH is 1. The Balaban J connectivity index is 4.27. The fourth-order valence-corrected chi connectivity index (χ4v) is 0.271. The van der Waals surface area contributed by atoms with Gasteiger partial charge in [-0.25, -0.2) is 4.79 Å². The van der Waals surface area contributed by atoms with E-state index in [1.165, 1.54) is 0 Å². The molecule has 0 radical (unpaired) electrons. The highest BCUT2D eigenvalue weighted by molar-refractivity contribution is 7.27. The molecule has 0 aromatic carbocycles. The molecule has 9 heavy (non-hydrogen) atoms. The Morgan fingerprint density at radius 1 is 1.67 bits per heavy atom. The first-order valence-electron chi connectivity index (χ1n) is 1.98. The minimum Gasteiger partial charge on any atom is -0.478 e. The van der Waals surface area contributed by atoms with E-state index in [4.69, 9.17) is 15.3 Å². The van der Waals surface area contributed by atoms with Crippen LogP contribution in [0.5, 0.6) is 0 Å². The fraction of sp³-hybridized carbons (Fsp3) is 0.667. The summed E-state index contributed by atoms with van der Waals surface area (Å²) in [5.41, 5.74) is 0. The van der Waals surface area contributed by atoms with Crippen LogP contribution in [-0.4, -0.2) is 33.2 Å². The summed E-state index contributed by atoms with van der Waals surface area (Å²) in [7, 11) is -1.01. The molecule has 0 spiro atoms. The van der Waals surface area contributed by atoms with Gasteiger partial charge in [-0.05, 0) is 0 Å². The van der Waals surface area contributed by atoms with Gasteiger partial charge < -0.3 is 15.3 Å². The third kappa shape index (κ3) is 1.71. The van der Waals surface area contributed by atoms with Gasteiger partial charge in [0.15, 0.2) is 0 Å². The Morgan fingerprint density at radius 2 is 2.11 bits per heavy atom. The van der Waals surface area contributed by atoms with Gasteiger partial charge in [0.1, 0.15) is 0 Å². The van der Waals surface area contributed by atoms with E-state index in [0.717, 1.165) is 0 Å². The average molecular weight is 152 g/mol. The second kappa shape index (κ2) is 2.87. The van der Waals surface area contributed by atoms with E-state index < -0.39 is 26.4 Å². The molecule has 0 bridgehead atoms. The van der Waals surface area contributed by atoms with E-state index in [1.807, 2.05) is 0 Å². The van der Waals surface area contributed by atoms with Crippen LogP contribution in [0.1, 0.15) is 0 Å². The molecule has 0 aliphatic carbocycles. The molecule has 3 N–H and O–H groups in total. The van der Waals surface area contributed by atoms with Crippen molar-refractivity contribution in [3.63, 3.8) is 0 Å². The molecule has 0 aromatic heterocycles. The summed E-state index contributed by atoms with van der Waals surface area (Å²) < 4.78 is 9.81. The molecule has 0 heterocycles. The van der Waals surface area contributed by atoms with E-state index in [1.54, 1.807) is 0 Å². The van der Waals surface area contributed by atoms with Crippen molar-refractivity contribution < 1.29 is 24.7 Å². The van der Waals surface area contributed by atoms with E-state index in [2.05, 4.69) is 0 Å². The van der Waals surface area contributed by atoms with Crippen molar-refractivity contribution in [2.24, 2.45) is 0 Å². The van der Waals surface area contributed by atoms with E-state index in [0.29, 0.717) is 0 Å². The van der Waals surface area contributed by atoms with Crippen LogP contribution >= 0.6 is 8.46 Å². The summed E-state index contributed by atoms with van der Waals surface area (Å²) >= 11 is 0. The summed E-state index contributed by atoms with van der Waals surface area (Å²) in [5, 5.41) is 22.1. The zero-order valence-electron chi connectivity index (χ0n) is 4.31. The summed E-state index contributed by atoms with van der Waals surface area (Å²) in [5.74, 6) is -1.71. The zero-order valence-corrected chi connectivity index (χ0v) is 5.21. The predicted octanol–water partition coefficient (Wildman–Crippen LogP) is -0.956. The second-order valence-corrected chi connectivity index (χ2v) is 2.29. The summed E-state index contributed by atoms with van der Waals surface area (Å²) in [6.07, 6.45) is 0. The highest BCUT2D eigenvalue weighted by Crippen LogP contribution is 2.18. The number of rotatable bonds is 3. The third-order valence-electron chi connectivity index (χ3n) is 0.714. The van der Waals surface area contributed by atoms with Gasteiger partial charge in [-0.15, -0.1) is 0 Å². The lowest BCUT2D eigenvalue weighted by Crippen LogP contribution is -2.35. The van der Waals surface area contributed by atoms with Gasteiger partial charge >= 0.3 is 5.97 Å². The van der Waals surface area contributed by atoms with Crippen molar-refractivity contribution in [3.8, 4) is 0 Å². The lowest BCUT2D eigenvalue weighted by atomic mass is 10.4. The van der Waals surface area contributed by atoms with Crippen molar-refractivity contribution in [2.75, 3.05) is 6.61 Å². The first-order valence-corrected chi connectivity index (χ1v) is 2.79. The van der Waals surface area contributed by atoms with Gasteiger partial charge in [-0.2, -0.15) is 0 Å². The van der Waals surface area contributed by atoms with Crippen molar-refractivity contribution >= 4 is 14.4 Å². The Kier molecular flexibility index (Phi) is 2.70. The Morgan fingerprint density at radius 3 is 2.11 bits per heavy atom. The molecule has 6 heteroatoms. The molecule has 0 fully saturated rings. The lowest BCUT2D eigenvalue weighted by molar-refractivity contribution is -0.152. The van der Waals surface area contributed by atoms with Crippen molar-refractivity contribution in [3.05, 3.63) is 0 Å². The normalized spacial score (nSPS) is 17.1. The first-order chi connectivity index (χ1) is 4.06. The van der Waals surface area contributed by atoms with Crippen LogP contribution in [0.2, 0.25) is 0 Å². The Hall–Kier alpha value is -0.510. The molecule has 5 nitrogen and oxygen atoms in total. The van der Waals surface area contributed by atoms with Crippen LogP contribution < -0.4 is 0 Å². The van der Waals surface area contributed by atoms with Crippen LogP contribution in [0, 0.1) is 0 Å². The molecular weight excluding hydrogens is 147 g/mol. The molecule has 1 unspecified atom stereocenters. The van der Waals surface area contributed by atoms with Crippen LogP contribution in [-0.2, 0) is 9.36 Å². The van der Waals surface area contributed by atoms with Gasteiger partial charge in [0.2, 0.25) is 8.46 Å². The SMILES string of the molecule is O=PC(O)(CO)C(=O)O. The molecule has 0 aromatic rings. The third-order valence-corrected chi connectivity index (χ3v) is 1.35. The number of carbonyl (C=O) groups is 1. The van der Waals surface area contributed by atoms with Crippen molar-refractivity contribution in [1.29, 1.82) is 0 Å². The van der Waals surface area contributed by atoms with Crippen LogP contribution in [0.4, 0.5) is 0 Å². The quantitative estimate of drug-likeness (QED) is 0.453. The van der Waals surface area contributed by atoms with Crippen LogP contribution in [0.15, 0.2) is 0 Å². The van der Waals surface area contributed by atoms with E-state index in [9.17, 15) is 9.36 Å². The zero-order chi connectivity index (χ0) is 7.49. The van der Waals surface area contributed by atoms with Crippen molar-refractivity contribution in [1.82, 2.24) is 0 Å². The topological polar surface area (TPSA) is 94.8 Å². The standard InChI is InChI=1S/C3H5O5P/c4-1-3(7,9-8)2(5)6/h4,7H,1H2,(H,5,6). The molecule has 0 amide bonds. The first kappa shape index (κ1) is 8.49. The molecular formula is C3H5O5P. The van der Waals surface area contributed by atoms with Crippen LogP contribution in [0.25, 0.3) is 0 Å². The van der Waals surface area contributed by atoms with E-state index >= 15 is 0 Å². The summed E-state index contributed by atoms with van der Waals surface area (Å²) in [6.45, 7) is -1.06. The fourth-order valence-electron chi connectivity index (χ4n) is 0.136. The second-order valence-electron chi connectivity index (χ2n) is 1.37. The van der Waals surface area contributed by atoms with Gasteiger partial charge in [-0.3, -0.25) is 4.57 Å². The highest BCUT2D eigenvalue weighted by Gasteiger charge is 2.36. The van der Waals surface area contributed by atoms with Crippen LogP contribution in [0.3, 0.4) is 0 Å². The van der Waals surface area contributed by atoms with Gasteiger partial charge in [0.05, 0.1) is 6.61 Å². The number of hydrogen-bond donors (Lipinski definition) is 3. The molecule has 52 valence electrons. The number of hydrogen-bond acceptors (Lipinski definition) is 4. The lowest BCUT2D eigenvalue weighted by Gasteiger charge is -2.09. The number of aliphatic hydroxyl groups is 2. The maximum atomic E-state index is 9.87.